The molecule has 0 spiro atoms. The number of benzene rings is 1. The fraction of sp³-hybridized carbons (Fsp3) is 0.333. The molecule has 2 N–H and O–H groups in total. The molecule has 0 fully saturated rings. The number of hydrogen-bond acceptors (Lipinski definition) is 2. The number of para-hydroxylation sites is 2. The van der Waals surface area contributed by atoms with Gasteiger partial charge in [-0.3, -0.25) is 4.79 Å². The predicted octanol–water partition coefficient (Wildman–Crippen LogP) is 3.25. The van der Waals surface area contributed by atoms with E-state index in [2.05, 4.69) is 45.8 Å². The van der Waals surface area contributed by atoms with E-state index >= 15 is 0 Å². The Balaban J connectivity index is 1.61. The number of H-pyrrole nitrogens is 1. The van der Waals surface area contributed by atoms with Gasteiger partial charge in [0.1, 0.15) is 5.82 Å². The highest BCUT2D eigenvalue weighted by atomic mass is 16.1. The predicted molar refractivity (Wildman–Crippen MR) is 91.2 cm³/mol. The zero-order valence-electron chi connectivity index (χ0n) is 13.8. The summed E-state index contributed by atoms with van der Waals surface area (Å²) >= 11 is 0. The lowest BCUT2D eigenvalue weighted by molar-refractivity contribution is -0.122. The van der Waals surface area contributed by atoms with E-state index in [0.29, 0.717) is 13.0 Å². The van der Waals surface area contributed by atoms with Crippen LogP contribution >= 0.6 is 0 Å². The van der Waals surface area contributed by atoms with Crippen LogP contribution < -0.4 is 5.32 Å². The Kier molecular flexibility index (Phi) is 4.19. The molecule has 3 aromatic rings. The fourth-order valence-electron chi connectivity index (χ4n) is 2.82. The minimum absolute atomic E-state index is 0.0328. The number of aromatic amines is 1. The molecule has 23 heavy (non-hydrogen) atoms. The first-order valence-corrected chi connectivity index (χ1v) is 7.91. The quantitative estimate of drug-likeness (QED) is 0.760. The van der Waals surface area contributed by atoms with Crippen LogP contribution in [0.2, 0.25) is 0 Å². The second-order valence-electron chi connectivity index (χ2n) is 5.95. The molecule has 0 saturated heterocycles. The Hall–Kier alpha value is -2.56. The second-order valence-corrected chi connectivity index (χ2v) is 5.95. The van der Waals surface area contributed by atoms with Crippen LogP contribution in [-0.2, 0) is 11.3 Å². The van der Waals surface area contributed by atoms with E-state index in [0.717, 1.165) is 16.9 Å². The molecular formula is C18H22N4O. The maximum Gasteiger partial charge on any atom is 0.222 e. The monoisotopic (exact) mass is 310 g/mol. The lowest BCUT2D eigenvalue weighted by Crippen LogP contribution is -2.28. The molecule has 5 heteroatoms. The van der Waals surface area contributed by atoms with Gasteiger partial charge >= 0.3 is 0 Å². The van der Waals surface area contributed by atoms with Gasteiger partial charge in [-0.15, -0.1) is 0 Å². The fourth-order valence-corrected chi connectivity index (χ4v) is 2.82. The number of carbonyl (C=O) groups excluding carboxylic acids is 1. The topological polar surface area (TPSA) is 62.7 Å². The van der Waals surface area contributed by atoms with Crippen LogP contribution in [0.1, 0.15) is 36.6 Å². The minimum atomic E-state index is -0.137. The molecule has 3 rings (SSSR count). The second kappa shape index (κ2) is 6.28. The Bertz CT molecular complexity index is 778. The summed E-state index contributed by atoms with van der Waals surface area (Å²) in [5, 5.41) is 3.01. The maximum atomic E-state index is 12.2. The number of rotatable bonds is 5. The Morgan fingerprint density at radius 1 is 1.22 bits per heavy atom. The van der Waals surface area contributed by atoms with Gasteiger partial charge in [-0.2, -0.15) is 0 Å². The molecule has 0 radical (unpaired) electrons. The molecule has 5 nitrogen and oxygen atoms in total. The molecule has 2 aromatic heterocycles. The third-order valence-corrected chi connectivity index (χ3v) is 4.18. The van der Waals surface area contributed by atoms with Crippen LogP contribution in [0.5, 0.6) is 0 Å². The first-order valence-electron chi connectivity index (χ1n) is 7.91. The van der Waals surface area contributed by atoms with Crippen LogP contribution in [0.25, 0.3) is 11.0 Å². The zero-order valence-corrected chi connectivity index (χ0v) is 13.8. The molecule has 120 valence electrons. The summed E-state index contributed by atoms with van der Waals surface area (Å²) in [4.78, 5) is 20.0. The highest BCUT2D eigenvalue weighted by molar-refractivity contribution is 5.77. The van der Waals surface area contributed by atoms with Gasteiger partial charge < -0.3 is 14.9 Å². The SMILES string of the molecule is Cc1ccc(C)n1CCC(=O)N[C@@H](C)c1nc2ccccc2[nH]1. The first kappa shape index (κ1) is 15.3. The Morgan fingerprint density at radius 2 is 1.91 bits per heavy atom. The molecule has 0 saturated carbocycles. The zero-order chi connectivity index (χ0) is 16.4. The molecule has 1 atom stereocenters. The lowest BCUT2D eigenvalue weighted by atomic mass is 10.3. The summed E-state index contributed by atoms with van der Waals surface area (Å²) < 4.78 is 2.16. The lowest BCUT2D eigenvalue weighted by Gasteiger charge is -2.13. The number of imidazole rings is 1. The van der Waals surface area contributed by atoms with Crippen LogP contribution in [0, 0.1) is 13.8 Å². The van der Waals surface area contributed by atoms with Crippen molar-refractivity contribution in [2.45, 2.75) is 39.8 Å². The average molecular weight is 310 g/mol. The van der Waals surface area contributed by atoms with Crippen molar-refractivity contribution in [1.82, 2.24) is 19.9 Å². The van der Waals surface area contributed by atoms with Crippen LogP contribution in [-0.4, -0.2) is 20.4 Å². The van der Waals surface area contributed by atoms with Crippen molar-refractivity contribution in [3.63, 3.8) is 0 Å². The molecule has 2 heterocycles. The molecule has 0 aliphatic heterocycles. The standard InChI is InChI=1S/C18H22N4O/c1-12-8-9-13(2)22(12)11-10-17(23)19-14(3)18-20-15-6-4-5-7-16(15)21-18/h4-9,14H,10-11H2,1-3H3,(H,19,23)(H,20,21)/t14-/m0/s1. The number of nitrogens with one attached hydrogen (secondary N) is 2. The van der Waals surface area contributed by atoms with E-state index in [1.54, 1.807) is 0 Å². The van der Waals surface area contributed by atoms with Gasteiger partial charge in [0.2, 0.25) is 5.91 Å². The summed E-state index contributed by atoms with van der Waals surface area (Å²) in [5.74, 6) is 0.818. The van der Waals surface area contributed by atoms with Gasteiger partial charge in [0.05, 0.1) is 17.1 Å². The van der Waals surface area contributed by atoms with Gasteiger partial charge in [0, 0.05) is 24.4 Å². The van der Waals surface area contributed by atoms with Crippen LogP contribution in [0.4, 0.5) is 0 Å². The van der Waals surface area contributed by atoms with Gasteiger partial charge in [0.15, 0.2) is 0 Å². The number of amides is 1. The largest absolute Gasteiger partial charge is 0.349 e. The summed E-state index contributed by atoms with van der Waals surface area (Å²) in [6.07, 6.45) is 0.459. The van der Waals surface area contributed by atoms with Crippen molar-refractivity contribution in [2.24, 2.45) is 0 Å². The van der Waals surface area contributed by atoms with E-state index in [1.807, 2.05) is 31.2 Å². The minimum Gasteiger partial charge on any atom is -0.349 e. The normalized spacial score (nSPS) is 12.5. The van der Waals surface area contributed by atoms with Crippen molar-refractivity contribution in [1.29, 1.82) is 0 Å². The van der Waals surface area contributed by atoms with Gasteiger partial charge in [-0.1, -0.05) is 12.1 Å². The number of nitrogens with zero attached hydrogens (tertiary/aromatic N) is 2. The average Bonchev–Trinajstić information content (AvgIpc) is 3.09. The molecule has 0 bridgehead atoms. The molecule has 1 amide bonds. The van der Waals surface area contributed by atoms with Gasteiger partial charge in [-0.25, -0.2) is 4.98 Å². The summed E-state index contributed by atoms with van der Waals surface area (Å²) in [5.41, 5.74) is 4.27. The van der Waals surface area contributed by atoms with Crippen LogP contribution in [0.15, 0.2) is 36.4 Å². The highest BCUT2D eigenvalue weighted by Gasteiger charge is 2.14. The number of aryl methyl sites for hydroxylation is 2. The number of carbonyl (C=O) groups is 1. The summed E-state index contributed by atoms with van der Waals surface area (Å²) in [6.45, 7) is 6.76. The van der Waals surface area contributed by atoms with Gasteiger partial charge in [-0.05, 0) is 45.0 Å². The highest BCUT2D eigenvalue weighted by Crippen LogP contribution is 2.15. The molecule has 0 aliphatic rings. The van der Waals surface area contributed by atoms with E-state index < -0.39 is 0 Å². The molecule has 0 aliphatic carbocycles. The van der Waals surface area contributed by atoms with Crippen molar-refractivity contribution in [3.8, 4) is 0 Å². The summed E-state index contributed by atoms with van der Waals surface area (Å²) in [7, 11) is 0. The van der Waals surface area contributed by atoms with Crippen molar-refractivity contribution < 1.29 is 4.79 Å². The van der Waals surface area contributed by atoms with Crippen LogP contribution in [0.3, 0.4) is 0 Å². The van der Waals surface area contributed by atoms with E-state index in [1.165, 1.54) is 11.4 Å². The Morgan fingerprint density at radius 3 is 2.61 bits per heavy atom. The maximum absolute atomic E-state index is 12.2. The third kappa shape index (κ3) is 3.28. The molecular weight excluding hydrogens is 288 g/mol. The van der Waals surface area contributed by atoms with Crippen molar-refractivity contribution in [2.75, 3.05) is 0 Å². The number of hydrogen-bond donors (Lipinski definition) is 2. The van der Waals surface area contributed by atoms with E-state index in [9.17, 15) is 4.79 Å². The number of aromatic nitrogens is 3. The first-order chi connectivity index (χ1) is 11.0. The summed E-state index contributed by atoms with van der Waals surface area (Å²) in [6, 6.07) is 11.9. The van der Waals surface area contributed by atoms with Crippen molar-refractivity contribution >= 4 is 16.9 Å². The smallest absolute Gasteiger partial charge is 0.222 e. The third-order valence-electron chi connectivity index (χ3n) is 4.18. The Labute approximate surface area is 135 Å². The number of fused-ring (bicyclic) bond motifs is 1. The van der Waals surface area contributed by atoms with E-state index in [4.69, 9.17) is 0 Å². The van der Waals surface area contributed by atoms with Gasteiger partial charge in [0.25, 0.3) is 0 Å². The van der Waals surface area contributed by atoms with E-state index in [-0.39, 0.29) is 11.9 Å². The van der Waals surface area contributed by atoms with Crippen molar-refractivity contribution in [3.05, 3.63) is 53.6 Å². The molecule has 1 aromatic carbocycles. The molecule has 0 unspecified atom stereocenters.